The zero-order chi connectivity index (χ0) is 27.1. The number of halogens is 1. The van der Waals surface area contributed by atoms with Gasteiger partial charge in [0.2, 0.25) is 11.8 Å². The number of amidine groups is 1. The van der Waals surface area contributed by atoms with E-state index < -0.39 is 11.2 Å². The summed E-state index contributed by atoms with van der Waals surface area (Å²) in [6.07, 6.45) is 0.00658. The van der Waals surface area contributed by atoms with Crippen LogP contribution in [-0.2, 0) is 20.9 Å². The van der Waals surface area contributed by atoms with E-state index in [1.165, 1.54) is 18.9 Å². The summed E-state index contributed by atoms with van der Waals surface area (Å²) in [5.74, 6) is -0.297. The molecule has 1 N–H and O–H groups in total. The van der Waals surface area contributed by atoms with Gasteiger partial charge in [-0.3, -0.25) is 14.5 Å². The molecule has 0 aliphatic carbocycles. The summed E-state index contributed by atoms with van der Waals surface area (Å²) in [5, 5.41) is 3.16. The molecule has 196 valence electrons. The van der Waals surface area contributed by atoms with Crippen LogP contribution in [0.1, 0.15) is 29.3 Å². The van der Waals surface area contributed by atoms with Gasteiger partial charge < -0.3 is 14.8 Å². The van der Waals surface area contributed by atoms with Gasteiger partial charge in [0.05, 0.1) is 31.5 Å². The van der Waals surface area contributed by atoms with Crippen molar-refractivity contribution in [3.8, 4) is 5.75 Å². The maximum absolute atomic E-state index is 13.3. The largest absolute Gasteiger partial charge is 0.494 e. The number of esters is 1. The number of methoxy groups -OCH3 is 1. The first-order valence-corrected chi connectivity index (χ1v) is 13.1. The van der Waals surface area contributed by atoms with E-state index in [4.69, 9.17) is 26.1 Å². The molecule has 1 aliphatic heterocycles. The van der Waals surface area contributed by atoms with Crippen LogP contribution >= 0.6 is 23.4 Å². The molecule has 1 aliphatic rings. The Kier molecular flexibility index (Phi) is 9.04. The molecule has 1 heterocycles. The first kappa shape index (κ1) is 27.2. The van der Waals surface area contributed by atoms with Gasteiger partial charge in [0.15, 0.2) is 5.17 Å². The van der Waals surface area contributed by atoms with Crippen molar-refractivity contribution >= 4 is 57.7 Å². The molecule has 0 saturated carbocycles. The van der Waals surface area contributed by atoms with Crippen LogP contribution in [0.5, 0.6) is 5.75 Å². The molecular weight excluding hydrogens is 526 g/mol. The van der Waals surface area contributed by atoms with Gasteiger partial charge in [-0.25, -0.2) is 9.79 Å². The van der Waals surface area contributed by atoms with Crippen molar-refractivity contribution in [2.75, 3.05) is 19.0 Å². The van der Waals surface area contributed by atoms with Crippen LogP contribution in [0, 0.1) is 0 Å². The first-order valence-electron chi connectivity index (χ1n) is 11.9. The lowest BCUT2D eigenvalue weighted by molar-refractivity contribution is -0.129. The minimum atomic E-state index is -0.689. The molecule has 2 amide bonds. The zero-order valence-electron chi connectivity index (χ0n) is 20.8. The number of anilines is 1. The standard InChI is InChI=1S/C28H26ClN3O5S/c1-3-37-23-14-12-22(13-15-23)31-28-32(17-18-4-8-20(29)9-5-18)25(33)16-24(38-28)26(34)30-21-10-6-19(7-11-21)27(35)36-2/h4-15,24H,3,16-17H2,1-2H3,(H,30,34)/t24-/m1/s1. The molecule has 3 aromatic rings. The predicted octanol–water partition coefficient (Wildman–Crippen LogP) is 5.69. The number of thioether (sulfide) groups is 1. The Bertz CT molecular complexity index is 1330. The normalized spacial score (nSPS) is 16.3. The van der Waals surface area contributed by atoms with Gasteiger partial charge in [0.25, 0.3) is 0 Å². The third kappa shape index (κ3) is 6.93. The van der Waals surface area contributed by atoms with E-state index in [1.54, 1.807) is 53.4 Å². The smallest absolute Gasteiger partial charge is 0.337 e. The second-order valence-corrected chi connectivity index (χ2v) is 9.90. The van der Waals surface area contributed by atoms with Gasteiger partial charge in [-0.15, -0.1) is 0 Å². The second-order valence-electron chi connectivity index (χ2n) is 8.30. The molecule has 4 rings (SSSR count). The highest BCUT2D eigenvalue weighted by Gasteiger charge is 2.36. The monoisotopic (exact) mass is 551 g/mol. The summed E-state index contributed by atoms with van der Waals surface area (Å²) < 4.78 is 10.2. The molecule has 0 bridgehead atoms. The van der Waals surface area contributed by atoms with E-state index >= 15 is 0 Å². The fourth-order valence-corrected chi connectivity index (χ4v) is 4.92. The summed E-state index contributed by atoms with van der Waals surface area (Å²) in [6, 6.07) is 20.8. The first-order chi connectivity index (χ1) is 18.4. The SMILES string of the molecule is CCOc1ccc(N=C2S[C@@H](C(=O)Nc3ccc(C(=O)OC)cc3)CC(=O)N2Cc2ccc(Cl)cc2)cc1. The number of hydrogen-bond acceptors (Lipinski definition) is 7. The highest BCUT2D eigenvalue weighted by atomic mass is 35.5. The number of nitrogens with zero attached hydrogens (tertiary/aromatic N) is 2. The Morgan fingerprint density at radius 1 is 1.05 bits per heavy atom. The van der Waals surface area contributed by atoms with Gasteiger partial charge >= 0.3 is 5.97 Å². The number of hydrogen-bond donors (Lipinski definition) is 1. The topological polar surface area (TPSA) is 97.3 Å². The lowest BCUT2D eigenvalue weighted by Gasteiger charge is -2.32. The number of benzene rings is 3. The predicted molar refractivity (Wildman–Crippen MR) is 149 cm³/mol. The minimum Gasteiger partial charge on any atom is -0.494 e. The highest BCUT2D eigenvalue weighted by Crippen LogP contribution is 2.31. The summed E-state index contributed by atoms with van der Waals surface area (Å²) in [6.45, 7) is 2.75. The molecule has 0 unspecified atom stereocenters. The van der Waals surface area contributed by atoms with Crippen molar-refractivity contribution < 1.29 is 23.9 Å². The van der Waals surface area contributed by atoms with Crippen molar-refractivity contribution in [3.05, 3.63) is 88.9 Å². The molecule has 1 atom stereocenters. The lowest BCUT2D eigenvalue weighted by atomic mass is 10.2. The van der Waals surface area contributed by atoms with Crippen LogP contribution in [0.4, 0.5) is 11.4 Å². The van der Waals surface area contributed by atoms with E-state index in [-0.39, 0.29) is 18.2 Å². The number of carbonyl (C=O) groups excluding carboxylic acids is 3. The number of rotatable bonds is 8. The summed E-state index contributed by atoms with van der Waals surface area (Å²) in [7, 11) is 1.30. The third-order valence-electron chi connectivity index (χ3n) is 5.63. The Morgan fingerprint density at radius 2 is 1.74 bits per heavy atom. The van der Waals surface area contributed by atoms with Gasteiger partial charge in [-0.05, 0) is 73.2 Å². The van der Waals surface area contributed by atoms with Crippen LogP contribution in [0.2, 0.25) is 5.02 Å². The summed E-state index contributed by atoms with van der Waals surface area (Å²) in [4.78, 5) is 44.4. The number of amides is 2. The Hall–Kier alpha value is -3.82. The van der Waals surface area contributed by atoms with Crippen LogP contribution in [0.3, 0.4) is 0 Å². The second kappa shape index (κ2) is 12.6. The van der Waals surface area contributed by atoms with Crippen molar-refractivity contribution in [3.63, 3.8) is 0 Å². The average molecular weight is 552 g/mol. The van der Waals surface area contributed by atoms with Crippen molar-refractivity contribution in [2.24, 2.45) is 4.99 Å². The molecule has 0 radical (unpaired) electrons. The van der Waals surface area contributed by atoms with Crippen molar-refractivity contribution in [1.82, 2.24) is 4.90 Å². The quantitative estimate of drug-likeness (QED) is 0.361. The maximum Gasteiger partial charge on any atom is 0.337 e. The highest BCUT2D eigenvalue weighted by molar-refractivity contribution is 8.15. The van der Waals surface area contributed by atoms with Gasteiger partial charge in [-0.2, -0.15) is 0 Å². The Morgan fingerprint density at radius 3 is 2.37 bits per heavy atom. The van der Waals surface area contributed by atoms with Crippen LogP contribution < -0.4 is 10.1 Å². The minimum absolute atomic E-state index is 0.00658. The zero-order valence-corrected chi connectivity index (χ0v) is 22.4. The van der Waals surface area contributed by atoms with Crippen molar-refractivity contribution in [1.29, 1.82) is 0 Å². The maximum atomic E-state index is 13.3. The van der Waals surface area contributed by atoms with Crippen LogP contribution in [0.15, 0.2) is 77.8 Å². The molecule has 0 aromatic heterocycles. The molecule has 1 saturated heterocycles. The third-order valence-corrected chi connectivity index (χ3v) is 7.07. The van der Waals surface area contributed by atoms with Crippen molar-refractivity contribution in [2.45, 2.75) is 25.1 Å². The number of ether oxygens (including phenoxy) is 2. The fraction of sp³-hybridized carbons (Fsp3) is 0.214. The van der Waals surface area contributed by atoms with Gasteiger partial charge in [-0.1, -0.05) is 35.5 Å². The summed E-state index contributed by atoms with van der Waals surface area (Å²) >= 11 is 7.25. The molecule has 1 fully saturated rings. The number of nitrogens with one attached hydrogen (secondary N) is 1. The molecule has 8 nitrogen and oxygen atoms in total. The average Bonchev–Trinajstić information content (AvgIpc) is 2.92. The van der Waals surface area contributed by atoms with E-state index in [1.807, 2.05) is 31.2 Å². The Labute approximate surface area is 230 Å². The lowest BCUT2D eigenvalue weighted by Crippen LogP contribution is -2.44. The molecule has 10 heteroatoms. The number of carbonyl (C=O) groups is 3. The number of aliphatic imine (C=N–C) groups is 1. The van der Waals surface area contributed by atoms with E-state index in [0.29, 0.717) is 40.3 Å². The van der Waals surface area contributed by atoms with E-state index in [2.05, 4.69) is 5.32 Å². The Balaban J connectivity index is 1.55. The molecule has 38 heavy (non-hydrogen) atoms. The van der Waals surface area contributed by atoms with Gasteiger partial charge in [0, 0.05) is 17.1 Å². The summed E-state index contributed by atoms with van der Waals surface area (Å²) in [5.41, 5.74) is 2.39. The fourth-order valence-electron chi connectivity index (χ4n) is 3.69. The molecule has 3 aromatic carbocycles. The van der Waals surface area contributed by atoms with E-state index in [0.717, 1.165) is 11.3 Å². The van der Waals surface area contributed by atoms with Gasteiger partial charge in [0.1, 0.15) is 11.0 Å². The van der Waals surface area contributed by atoms with Crippen LogP contribution in [0.25, 0.3) is 0 Å². The van der Waals surface area contributed by atoms with E-state index in [9.17, 15) is 14.4 Å². The molecule has 0 spiro atoms. The molecular formula is C28H26ClN3O5S. The van der Waals surface area contributed by atoms with Crippen LogP contribution in [-0.4, -0.2) is 46.8 Å².